The number of hydrogen-bond acceptors (Lipinski definition) is 7. The van der Waals surface area contributed by atoms with Crippen molar-refractivity contribution in [3.8, 4) is 11.8 Å². The second kappa shape index (κ2) is 8.94. The predicted octanol–water partition coefficient (Wildman–Crippen LogP) is 1.49. The minimum Gasteiger partial charge on any atom is -0.481 e. The lowest BCUT2D eigenvalue weighted by molar-refractivity contribution is 0.0696. The summed E-state index contributed by atoms with van der Waals surface area (Å²) in [7, 11) is 0.914. The summed E-state index contributed by atoms with van der Waals surface area (Å²) in [5.74, 6) is -1.06. The van der Waals surface area contributed by atoms with Crippen LogP contribution in [-0.4, -0.2) is 45.5 Å². The van der Waals surface area contributed by atoms with Gasteiger partial charge in [-0.2, -0.15) is 9.97 Å². The van der Waals surface area contributed by atoms with Crippen LogP contribution in [0.4, 0.5) is 10.7 Å². The van der Waals surface area contributed by atoms with Crippen LogP contribution in [0.3, 0.4) is 0 Å². The molecule has 0 aliphatic heterocycles. The molecule has 2 rings (SSSR count). The first-order chi connectivity index (χ1) is 12.8. The molecule has 0 fully saturated rings. The van der Waals surface area contributed by atoms with Crippen molar-refractivity contribution in [3.05, 3.63) is 41.0 Å². The largest absolute Gasteiger partial charge is 0.481 e. The van der Waals surface area contributed by atoms with E-state index in [2.05, 4.69) is 20.0 Å². The van der Waals surface area contributed by atoms with Gasteiger partial charge in [-0.1, -0.05) is 12.1 Å². The molecule has 3 N–H and O–H groups in total. The molecule has 0 aliphatic rings. The molecule has 1 atom stereocenters. The number of carbonyl (C=O) groups excluding carboxylic acids is 1. The number of carboxylic acids is 1. The molecule has 0 saturated carbocycles. The molecule has 0 radical (unpaired) electrons. The standard InChI is InChI=1S/C16H18N4O6S/c1-9-5-4-6-10(14(21)22)11(9)8-27(24)20-16(23)19-15-17-12(25-2)7-13(18-15)26-3/h4-7H,8H2,1-3H3,(H,21,22)(H2,17,18,19,20,23). The van der Waals surface area contributed by atoms with E-state index in [-0.39, 0.29) is 29.0 Å². The molecule has 0 spiro atoms. The Bertz CT molecular complexity index is 867. The highest BCUT2D eigenvalue weighted by molar-refractivity contribution is 7.82. The summed E-state index contributed by atoms with van der Waals surface area (Å²) in [6.45, 7) is 1.70. The van der Waals surface area contributed by atoms with Crippen LogP contribution < -0.4 is 19.5 Å². The van der Waals surface area contributed by atoms with E-state index in [1.807, 2.05) is 0 Å². The van der Waals surface area contributed by atoms with Crippen LogP contribution in [-0.2, 0) is 16.7 Å². The van der Waals surface area contributed by atoms with Crippen molar-refractivity contribution in [1.82, 2.24) is 14.7 Å². The topological polar surface area (TPSA) is 140 Å². The summed E-state index contributed by atoms with van der Waals surface area (Å²) >= 11 is 0. The number of nitrogens with one attached hydrogen (secondary N) is 2. The zero-order valence-electron chi connectivity index (χ0n) is 14.8. The maximum Gasteiger partial charge on any atom is 0.336 e. The number of carboxylic acid groups (broad SMARTS) is 1. The van der Waals surface area contributed by atoms with Crippen molar-refractivity contribution in [1.29, 1.82) is 0 Å². The van der Waals surface area contributed by atoms with E-state index < -0.39 is 23.0 Å². The van der Waals surface area contributed by atoms with E-state index in [4.69, 9.17) is 9.47 Å². The third-order valence-corrected chi connectivity index (χ3v) is 4.41. The van der Waals surface area contributed by atoms with Gasteiger partial charge in [0.15, 0.2) is 0 Å². The van der Waals surface area contributed by atoms with Gasteiger partial charge in [-0.15, -0.1) is 0 Å². The van der Waals surface area contributed by atoms with Crippen molar-refractivity contribution < 1.29 is 28.4 Å². The highest BCUT2D eigenvalue weighted by Gasteiger charge is 2.16. The van der Waals surface area contributed by atoms with Gasteiger partial charge >= 0.3 is 12.0 Å². The fourth-order valence-electron chi connectivity index (χ4n) is 2.16. The number of aromatic nitrogens is 2. The molecule has 144 valence electrons. The third kappa shape index (κ3) is 5.38. The molecule has 1 heterocycles. The van der Waals surface area contributed by atoms with Crippen molar-refractivity contribution >= 4 is 28.9 Å². The van der Waals surface area contributed by atoms with Crippen LogP contribution in [0.2, 0.25) is 0 Å². The lowest BCUT2D eigenvalue weighted by Gasteiger charge is -2.11. The van der Waals surface area contributed by atoms with Gasteiger partial charge in [0.05, 0.1) is 31.6 Å². The molecule has 2 amide bonds. The Labute approximate surface area is 157 Å². The smallest absolute Gasteiger partial charge is 0.336 e. The van der Waals surface area contributed by atoms with Gasteiger partial charge in [0.25, 0.3) is 0 Å². The molecule has 2 aromatic rings. The zero-order chi connectivity index (χ0) is 20.0. The van der Waals surface area contributed by atoms with Crippen LogP contribution in [0.5, 0.6) is 11.8 Å². The number of aromatic carboxylic acids is 1. The Morgan fingerprint density at radius 2 is 1.81 bits per heavy atom. The Balaban J connectivity index is 2.07. The summed E-state index contributed by atoms with van der Waals surface area (Å²) in [4.78, 5) is 31.2. The molecular weight excluding hydrogens is 376 g/mol. The third-order valence-electron chi connectivity index (χ3n) is 3.45. The number of ether oxygens (including phenoxy) is 2. The fraction of sp³-hybridized carbons (Fsp3) is 0.250. The number of urea groups is 1. The summed E-state index contributed by atoms with van der Waals surface area (Å²) in [5, 5.41) is 11.6. The van der Waals surface area contributed by atoms with Gasteiger partial charge in [0.1, 0.15) is 11.0 Å². The first-order valence-corrected chi connectivity index (χ1v) is 8.90. The maximum absolute atomic E-state index is 12.2. The minimum absolute atomic E-state index is 0.0337. The average molecular weight is 394 g/mol. The summed E-state index contributed by atoms with van der Waals surface area (Å²) in [5.41, 5.74) is 1.07. The van der Waals surface area contributed by atoms with Gasteiger partial charge in [0.2, 0.25) is 17.7 Å². The van der Waals surface area contributed by atoms with Gasteiger partial charge in [0, 0.05) is 0 Å². The molecule has 0 saturated heterocycles. The number of aryl methyl sites for hydroxylation is 1. The van der Waals surface area contributed by atoms with Crippen molar-refractivity contribution in [3.63, 3.8) is 0 Å². The van der Waals surface area contributed by atoms with E-state index in [0.29, 0.717) is 11.1 Å². The van der Waals surface area contributed by atoms with Gasteiger partial charge in [-0.25, -0.2) is 13.8 Å². The first-order valence-electron chi connectivity index (χ1n) is 7.59. The van der Waals surface area contributed by atoms with Gasteiger partial charge in [-0.05, 0) is 24.1 Å². The molecule has 1 aromatic heterocycles. The van der Waals surface area contributed by atoms with Crippen molar-refractivity contribution in [2.24, 2.45) is 0 Å². The van der Waals surface area contributed by atoms with Crippen LogP contribution >= 0.6 is 0 Å². The predicted molar refractivity (Wildman–Crippen MR) is 97.3 cm³/mol. The van der Waals surface area contributed by atoms with Crippen LogP contribution in [0.15, 0.2) is 24.3 Å². The zero-order valence-corrected chi connectivity index (χ0v) is 15.6. The van der Waals surface area contributed by atoms with E-state index in [1.54, 1.807) is 19.1 Å². The highest BCUT2D eigenvalue weighted by atomic mass is 32.2. The lowest BCUT2D eigenvalue weighted by Crippen LogP contribution is -2.32. The monoisotopic (exact) mass is 394 g/mol. The van der Waals surface area contributed by atoms with E-state index in [0.717, 1.165) is 0 Å². The quantitative estimate of drug-likeness (QED) is 0.642. The van der Waals surface area contributed by atoms with E-state index >= 15 is 0 Å². The molecule has 1 aromatic carbocycles. The normalized spacial score (nSPS) is 11.4. The van der Waals surface area contributed by atoms with Crippen LogP contribution in [0.25, 0.3) is 0 Å². The minimum atomic E-state index is -1.87. The highest BCUT2D eigenvalue weighted by Crippen LogP contribution is 2.18. The average Bonchev–Trinajstić information content (AvgIpc) is 2.62. The Morgan fingerprint density at radius 1 is 1.19 bits per heavy atom. The number of methoxy groups -OCH3 is 2. The number of carbonyl (C=O) groups is 2. The Kier molecular flexibility index (Phi) is 6.66. The number of benzene rings is 1. The number of rotatable bonds is 7. The van der Waals surface area contributed by atoms with Gasteiger partial charge < -0.3 is 14.6 Å². The second-order valence-electron chi connectivity index (χ2n) is 5.23. The molecule has 27 heavy (non-hydrogen) atoms. The lowest BCUT2D eigenvalue weighted by atomic mass is 10.0. The summed E-state index contributed by atoms with van der Waals surface area (Å²) in [6.07, 6.45) is 0. The van der Waals surface area contributed by atoms with Gasteiger partial charge in [-0.3, -0.25) is 10.0 Å². The molecular formula is C16H18N4O6S. The number of anilines is 1. The summed E-state index contributed by atoms with van der Waals surface area (Å²) in [6, 6.07) is 5.31. The van der Waals surface area contributed by atoms with E-state index in [1.165, 1.54) is 26.4 Å². The van der Waals surface area contributed by atoms with Crippen molar-refractivity contribution in [2.45, 2.75) is 12.7 Å². The Morgan fingerprint density at radius 3 is 2.37 bits per heavy atom. The molecule has 0 bridgehead atoms. The van der Waals surface area contributed by atoms with Crippen LogP contribution in [0.1, 0.15) is 21.5 Å². The first kappa shape index (κ1) is 20.1. The molecule has 1 unspecified atom stereocenters. The fourth-order valence-corrected chi connectivity index (χ4v) is 3.14. The number of hydrogen-bond donors (Lipinski definition) is 3. The Hall–Kier alpha value is -3.21. The maximum atomic E-state index is 12.2. The van der Waals surface area contributed by atoms with Crippen LogP contribution in [0, 0.1) is 6.92 Å². The number of amides is 2. The number of nitrogens with zero attached hydrogens (tertiary/aromatic N) is 2. The van der Waals surface area contributed by atoms with Crippen molar-refractivity contribution in [2.75, 3.05) is 19.5 Å². The molecule has 0 aliphatic carbocycles. The van der Waals surface area contributed by atoms with E-state index in [9.17, 15) is 18.9 Å². The summed E-state index contributed by atoms with van der Waals surface area (Å²) < 4.78 is 24.4. The molecule has 10 nitrogen and oxygen atoms in total. The molecule has 11 heteroatoms. The second-order valence-corrected chi connectivity index (χ2v) is 6.41. The SMILES string of the molecule is COc1cc(OC)nc(NC(=O)NS(=O)Cc2c(C)cccc2C(=O)O)n1.